The minimum absolute atomic E-state index is 0.228. The molecular weight excluding hydrogens is 434 g/mol. The van der Waals surface area contributed by atoms with Crippen molar-refractivity contribution in [2.45, 2.75) is 55.1 Å². The number of pyridine rings is 1. The van der Waals surface area contributed by atoms with Crippen molar-refractivity contribution in [3.05, 3.63) is 30.1 Å². The van der Waals surface area contributed by atoms with E-state index in [-0.39, 0.29) is 5.56 Å². The quantitative estimate of drug-likeness (QED) is 0.118. The molecule has 1 fully saturated rings. The Bertz CT molecular complexity index is 738. The SMILES string of the molecule is O=C(N/N=C/[C@H](O)[C@@H](O)[C@H](O[C@@H]1O[C@H](CO)[C@H](O)[C@H](O)[C@H]1O)[C@H](O)CO)c1ccncc1. The third kappa shape index (κ3) is 6.46. The number of hydrazone groups is 1. The second-order valence-corrected chi connectivity index (χ2v) is 6.98. The van der Waals surface area contributed by atoms with Gasteiger partial charge < -0.3 is 50.3 Å². The van der Waals surface area contributed by atoms with Gasteiger partial charge in [-0.3, -0.25) is 9.78 Å². The van der Waals surface area contributed by atoms with Gasteiger partial charge >= 0.3 is 0 Å². The van der Waals surface area contributed by atoms with E-state index < -0.39 is 74.2 Å². The van der Waals surface area contributed by atoms with Crippen LogP contribution in [0.2, 0.25) is 0 Å². The van der Waals surface area contributed by atoms with E-state index in [1.54, 1.807) is 0 Å². The summed E-state index contributed by atoms with van der Waals surface area (Å²) in [5, 5.41) is 82.1. The van der Waals surface area contributed by atoms with Crippen molar-refractivity contribution >= 4 is 12.1 Å². The average Bonchev–Trinajstić information content (AvgIpc) is 2.81. The largest absolute Gasteiger partial charge is 0.394 e. The van der Waals surface area contributed by atoms with E-state index in [1.807, 2.05) is 0 Å². The van der Waals surface area contributed by atoms with Crippen LogP contribution in [0.15, 0.2) is 29.6 Å². The molecule has 0 saturated carbocycles. The Morgan fingerprint density at radius 2 is 1.81 bits per heavy atom. The number of aliphatic hydroxyl groups is 8. The highest BCUT2D eigenvalue weighted by Gasteiger charge is 2.46. The zero-order valence-corrected chi connectivity index (χ0v) is 16.7. The van der Waals surface area contributed by atoms with E-state index in [0.29, 0.717) is 0 Å². The van der Waals surface area contributed by atoms with E-state index in [1.165, 1.54) is 24.5 Å². The lowest BCUT2D eigenvalue weighted by Crippen LogP contribution is -2.61. The van der Waals surface area contributed by atoms with E-state index >= 15 is 0 Å². The van der Waals surface area contributed by atoms with Crippen molar-refractivity contribution in [2.75, 3.05) is 13.2 Å². The number of carbonyl (C=O) groups excluding carboxylic acids is 1. The molecule has 14 nitrogen and oxygen atoms in total. The summed E-state index contributed by atoms with van der Waals surface area (Å²) in [6, 6.07) is 2.83. The predicted molar refractivity (Wildman–Crippen MR) is 104 cm³/mol. The van der Waals surface area contributed by atoms with E-state index in [0.717, 1.165) is 6.21 Å². The maximum Gasteiger partial charge on any atom is 0.271 e. The Morgan fingerprint density at radius 3 is 2.41 bits per heavy atom. The maximum absolute atomic E-state index is 11.9. The summed E-state index contributed by atoms with van der Waals surface area (Å²) in [5.74, 6) is -0.630. The lowest BCUT2D eigenvalue weighted by molar-refractivity contribution is -0.326. The molecular formula is C18H27N3O11. The number of rotatable bonds is 10. The topological polar surface area (TPSA) is 235 Å². The van der Waals surface area contributed by atoms with Crippen LogP contribution in [0, 0.1) is 0 Å². The van der Waals surface area contributed by atoms with Crippen molar-refractivity contribution in [1.82, 2.24) is 10.4 Å². The first-order chi connectivity index (χ1) is 15.2. The monoisotopic (exact) mass is 461 g/mol. The summed E-state index contributed by atoms with van der Waals surface area (Å²) in [6.07, 6.45) is -12.2. The van der Waals surface area contributed by atoms with E-state index in [4.69, 9.17) is 9.47 Å². The second kappa shape index (κ2) is 12.2. The number of amides is 1. The van der Waals surface area contributed by atoms with Gasteiger partial charge in [-0.1, -0.05) is 0 Å². The number of hydrogen-bond acceptors (Lipinski definition) is 13. The Kier molecular flexibility index (Phi) is 9.98. The first-order valence-electron chi connectivity index (χ1n) is 9.55. The normalized spacial score (nSPS) is 29.9. The summed E-state index contributed by atoms with van der Waals surface area (Å²) in [6.45, 7) is -1.67. The van der Waals surface area contributed by atoms with Crippen LogP contribution in [0.3, 0.4) is 0 Å². The fourth-order valence-electron chi connectivity index (χ4n) is 2.86. The molecule has 180 valence electrons. The van der Waals surface area contributed by atoms with Gasteiger partial charge in [0.25, 0.3) is 5.91 Å². The molecule has 0 bridgehead atoms. The summed E-state index contributed by atoms with van der Waals surface area (Å²) in [7, 11) is 0. The number of ether oxygens (including phenoxy) is 2. The number of nitrogens with zero attached hydrogens (tertiary/aromatic N) is 2. The molecule has 2 rings (SSSR count). The number of carbonyl (C=O) groups is 1. The van der Waals surface area contributed by atoms with Gasteiger partial charge in [0.15, 0.2) is 6.29 Å². The Morgan fingerprint density at radius 1 is 1.16 bits per heavy atom. The van der Waals surface area contributed by atoms with Crippen molar-refractivity contribution in [1.29, 1.82) is 0 Å². The molecule has 9 N–H and O–H groups in total. The summed E-state index contributed by atoms with van der Waals surface area (Å²) >= 11 is 0. The molecule has 1 aromatic heterocycles. The van der Waals surface area contributed by atoms with Gasteiger partial charge in [0.2, 0.25) is 0 Å². The molecule has 0 aliphatic carbocycles. The number of aliphatic hydroxyl groups excluding tert-OH is 8. The molecule has 1 amide bonds. The molecule has 2 heterocycles. The number of aromatic nitrogens is 1. The fraction of sp³-hybridized carbons (Fsp3) is 0.611. The fourth-order valence-corrected chi connectivity index (χ4v) is 2.86. The van der Waals surface area contributed by atoms with Crippen molar-refractivity contribution < 1.29 is 55.1 Å². The van der Waals surface area contributed by atoms with Crippen LogP contribution in [0.4, 0.5) is 0 Å². The van der Waals surface area contributed by atoms with Gasteiger partial charge in [-0.15, -0.1) is 0 Å². The van der Waals surface area contributed by atoms with Gasteiger partial charge in [-0.05, 0) is 12.1 Å². The van der Waals surface area contributed by atoms with Gasteiger partial charge in [-0.25, -0.2) is 5.43 Å². The minimum atomic E-state index is -1.95. The van der Waals surface area contributed by atoms with Crippen LogP contribution in [0.1, 0.15) is 10.4 Å². The maximum atomic E-state index is 11.9. The second-order valence-electron chi connectivity index (χ2n) is 6.98. The smallest absolute Gasteiger partial charge is 0.271 e. The molecule has 0 radical (unpaired) electrons. The van der Waals surface area contributed by atoms with Crippen LogP contribution in [0.5, 0.6) is 0 Å². The molecule has 1 aliphatic heterocycles. The van der Waals surface area contributed by atoms with Gasteiger partial charge in [0.05, 0.1) is 19.4 Å². The summed E-state index contributed by atoms with van der Waals surface area (Å²) < 4.78 is 10.4. The van der Waals surface area contributed by atoms with Crippen molar-refractivity contribution in [3.8, 4) is 0 Å². The van der Waals surface area contributed by atoms with Gasteiger partial charge in [0, 0.05) is 18.0 Å². The van der Waals surface area contributed by atoms with Gasteiger partial charge in [-0.2, -0.15) is 5.10 Å². The zero-order chi connectivity index (χ0) is 23.8. The van der Waals surface area contributed by atoms with Crippen molar-refractivity contribution in [2.24, 2.45) is 5.10 Å². The van der Waals surface area contributed by atoms with E-state index in [9.17, 15) is 45.6 Å². The zero-order valence-electron chi connectivity index (χ0n) is 16.7. The Balaban J connectivity index is 2.05. The summed E-state index contributed by atoms with van der Waals surface area (Å²) in [4.78, 5) is 15.7. The van der Waals surface area contributed by atoms with Crippen molar-refractivity contribution in [3.63, 3.8) is 0 Å². The highest BCUT2D eigenvalue weighted by atomic mass is 16.7. The molecule has 0 aromatic carbocycles. The number of hydrogen-bond donors (Lipinski definition) is 9. The molecule has 1 aromatic rings. The molecule has 0 unspecified atom stereocenters. The first kappa shape index (κ1) is 26.1. The average molecular weight is 461 g/mol. The molecule has 0 spiro atoms. The third-order valence-corrected chi connectivity index (χ3v) is 4.73. The molecule has 1 aliphatic rings. The minimum Gasteiger partial charge on any atom is -0.394 e. The molecule has 14 heteroatoms. The Labute approximate surface area is 182 Å². The standard InChI is InChI=1S/C18H27N3O11/c22-6-10(25)16(32-18-15(29)14(28)13(27)11(7-23)31-18)12(26)9(24)5-20-21-17(30)8-1-3-19-4-2-8/h1-5,9-16,18,22-29H,6-7H2,(H,21,30)/b20-5+/t9-,10+,11+,12+,13-,14-,15+,16+,18-/m0/s1. The molecule has 32 heavy (non-hydrogen) atoms. The van der Waals surface area contributed by atoms with Crippen LogP contribution in [-0.4, -0.2) is 126 Å². The lowest BCUT2D eigenvalue weighted by atomic mass is 9.98. The number of nitrogens with one attached hydrogen (secondary N) is 1. The molecule has 9 atom stereocenters. The third-order valence-electron chi connectivity index (χ3n) is 4.73. The summed E-state index contributed by atoms with van der Waals surface area (Å²) in [5.41, 5.74) is 2.33. The molecule has 1 saturated heterocycles. The highest BCUT2D eigenvalue weighted by Crippen LogP contribution is 2.24. The van der Waals surface area contributed by atoms with Crippen LogP contribution in [0.25, 0.3) is 0 Å². The van der Waals surface area contributed by atoms with Crippen LogP contribution < -0.4 is 5.43 Å². The Hall–Kier alpha value is -2.11. The van der Waals surface area contributed by atoms with Gasteiger partial charge in [0.1, 0.15) is 48.8 Å². The predicted octanol–water partition coefficient (Wildman–Crippen LogP) is -4.94. The highest BCUT2D eigenvalue weighted by molar-refractivity contribution is 5.94. The lowest BCUT2D eigenvalue weighted by Gasteiger charge is -2.42. The van der Waals surface area contributed by atoms with Crippen LogP contribution >= 0.6 is 0 Å². The van der Waals surface area contributed by atoms with Crippen LogP contribution in [-0.2, 0) is 9.47 Å². The first-order valence-corrected chi connectivity index (χ1v) is 9.55. The van der Waals surface area contributed by atoms with E-state index in [2.05, 4.69) is 15.5 Å².